The molecule has 0 aliphatic carbocycles. The number of rotatable bonds is 4. The zero-order chi connectivity index (χ0) is 31.0. The number of pyridine rings is 2. The molecule has 0 aliphatic heterocycles. The van der Waals surface area contributed by atoms with Crippen molar-refractivity contribution in [2.45, 2.75) is 24.2 Å². The van der Waals surface area contributed by atoms with Gasteiger partial charge in [-0.25, -0.2) is 0 Å². The van der Waals surface area contributed by atoms with Gasteiger partial charge in [0.15, 0.2) is 0 Å². The molecule has 4 aromatic carbocycles. The van der Waals surface area contributed by atoms with Gasteiger partial charge in [0.2, 0.25) is 0 Å². The maximum atomic E-state index is 6.51. The fourth-order valence-corrected chi connectivity index (χ4v) is 7.91. The molecule has 4 heterocycles. The van der Waals surface area contributed by atoms with E-state index in [-0.39, 0.29) is 20.1 Å². The fraction of sp³-hybridized carbons (Fsp3) is 0.103. The number of furan rings is 1. The SMILES string of the molecule is Cc1cnc2c(c1)nc(-c1[c-]ccc3c1oc1c[c]([Ge]([CH3])([CH3])[CH3])ccc13)n2-c1ccccc1.[Ir].[c-]1ccccc1-c1ccccn1. The molecule has 0 bridgehead atoms. The molecule has 8 rings (SSSR count). The summed E-state index contributed by atoms with van der Waals surface area (Å²) < 4.78 is 10.0. The Morgan fingerprint density at radius 3 is 2.30 bits per heavy atom. The number of aromatic nitrogens is 4. The van der Waals surface area contributed by atoms with Crippen LogP contribution in [0.1, 0.15) is 5.56 Å². The molecule has 8 aromatic rings. The van der Waals surface area contributed by atoms with Gasteiger partial charge in [0.05, 0.1) is 0 Å². The van der Waals surface area contributed by atoms with Crippen molar-refractivity contribution in [2.75, 3.05) is 0 Å². The molecule has 1 radical (unpaired) electrons. The first-order chi connectivity index (χ1) is 21.9. The first-order valence-electron chi connectivity index (χ1n) is 15.0. The topological polar surface area (TPSA) is 56.7 Å². The van der Waals surface area contributed by atoms with E-state index in [1.165, 1.54) is 4.40 Å². The van der Waals surface area contributed by atoms with Gasteiger partial charge in [-0.15, -0.1) is 35.9 Å². The number of imidazole rings is 1. The molecule has 4 aromatic heterocycles. The van der Waals surface area contributed by atoms with Crippen LogP contribution in [0.25, 0.3) is 61.4 Å². The van der Waals surface area contributed by atoms with E-state index in [1.807, 2.05) is 79.9 Å². The standard InChI is InChI=1S/C28H24GeN3O.C11H8N.Ir/c1-18-15-24-28(30-17-18)32(20-9-6-5-7-10-20)27(31-24)23-12-8-11-22-21-14-13-19(29(2,3)4)16-25(21)33-26(22)23;1-2-6-10(7-3-1)11-8-4-5-9-12-11;/h5-11,13-17H,1-4H3;1-6,8-9H;/q2*-1;. The molecule has 0 unspecified atom stereocenters. The molecule has 0 amide bonds. The molecule has 229 valence electrons. The quantitative estimate of drug-likeness (QED) is 0.131. The van der Waals surface area contributed by atoms with Crippen molar-refractivity contribution >= 4 is 50.8 Å². The zero-order valence-corrected chi connectivity index (χ0v) is 30.6. The third kappa shape index (κ3) is 6.21. The Morgan fingerprint density at radius 1 is 0.761 bits per heavy atom. The zero-order valence-electron chi connectivity index (χ0n) is 26.1. The Balaban J connectivity index is 0.000000241. The summed E-state index contributed by atoms with van der Waals surface area (Å²) in [7, 11) is 0. The van der Waals surface area contributed by atoms with Gasteiger partial charge in [-0.1, -0.05) is 12.1 Å². The van der Waals surface area contributed by atoms with Crippen molar-refractivity contribution < 1.29 is 24.5 Å². The maximum absolute atomic E-state index is 6.51. The van der Waals surface area contributed by atoms with E-state index in [0.29, 0.717) is 0 Å². The number of benzene rings is 4. The van der Waals surface area contributed by atoms with E-state index in [2.05, 4.69) is 81.4 Å². The second-order valence-electron chi connectivity index (χ2n) is 12.1. The second kappa shape index (κ2) is 13.2. The van der Waals surface area contributed by atoms with Crippen molar-refractivity contribution in [1.29, 1.82) is 0 Å². The number of aryl methyl sites for hydroxylation is 1. The first-order valence-corrected chi connectivity index (χ1v) is 22.4. The summed E-state index contributed by atoms with van der Waals surface area (Å²) in [6.45, 7) is 2.04. The van der Waals surface area contributed by atoms with Gasteiger partial charge in [0.1, 0.15) is 0 Å². The predicted octanol–water partition coefficient (Wildman–Crippen LogP) is 9.19. The van der Waals surface area contributed by atoms with Crippen LogP contribution in [0.3, 0.4) is 0 Å². The molecule has 0 saturated heterocycles. The van der Waals surface area contributed by atoms with Crippen molar-refractivity contribution in [3.8, 4) is 28.3 Å². The number of nitrogens with zero attached hydrogens (tertiary/aromatic N) is 4. The van der Waals surface area contributed by atoms with Crippen molar-refractivity contribution in [3.05, 3.63) is 139 Å². The number of hydrogen-bond donors (Lipinski definition) is 0. The third-order valence-corrected chi connectivity index (χ3v) is 12.1. The minimum atomic E-state index is -1.97. The van der Waals surface area contributed by atoms with E-state index in [1.54, 1.807) is 6.20 Å². The van der Waals surface area contributed by atoms with Gasteiger partial charge >= 0.3 is 196 Å². The molecule has 7 heteroatoms. The summed E-state index contributed by atoms with van der Waals surface area (Å²) in [5.74, 6) is 7.99. The molecule has 0 fully saturated rings. The van der Waals surface area contributed by atoms with Crippen molar-refractivity contribution in [1.82, 2.24) is 19.5 Å². The summed E-state index contributed by atoms with van der Waals surface area (Å²) in [6.07, 6.45) is 3.67. The molecule has 0 saturated carbocycles. The average Bonchev–Trinajstić information content (AvgIpc) is 3.64. The minimum Gasteiger partial charge on any atom is -0.305 e. The van der Waals surface area contributed by atoms with Gasteiger partial charge in [0.25, 0.3) is 0 Å². The third-order valence-electron chi connectivity index (χ3n) is 7.82. The van der Waals surface area contributed by atoms with E-state index in [4.69, 9.17) is 14.4 Å². The van der Waals surface area contributed by atoms with Crippen LogP contribution in [0.4, 0.5) is 0 Å². The van der Waals surface area contributed by atoms with Crippen LogP contribution in [-0.4, -0.2) is 32.8 Å². The van der Waals surface area contributed by atoms with Crippen LogP contribution < -0.4 is 4.40 Å². The molecule has 0 aliphatic rings. The van der Waals surface area contributed by atoms with Crippen LogP contribution in [-0.2, 0) is 20.1 Å². The smallest absolute Gasteiger partial charge is 0.0160 e. The Bertz CT molecular complexity index is 2220. The van der Waals surface area contributed by atoms with Gasteiger partial charge in [-0.2, -0.15) is 0 Å². The summed E-state index contributed by atoms with van der Waals surface area (Å²) in [6, 6.07) is 43.3. The molecule has 5 nitrogen and oxygen atoms in total. The summed E-state index contributed by atoms with van der Waals surface area (Å²) in [4.78, 5) is 14.0. The van der Waals surface area contributed by atoms with Crippen molar-refractivity contribution in [2.24, 2.45) is 0 Å². The average molecular weight is 838 g/mol. The Morgan fingerprint density at radius 2 is 1.57 bits per heavy atom. The molecular formula is C39H32GeIrN4O-2. The summed E-state index contributed by atoms with van der Waals surface area (Å²) in [5, 5.41) is 2.22. The second-order valence-corrected chi connectivity index (χ2v) is 22.8. The van der Waals surface area contributed by atoms with Gasteiger partial charge in [0, 0.05) is 26.3 Å². The Hall–Kier alpha value is -4.36. The van der Waals surface area contributed by atoms with Crippen LogP contribution in [0.2, 0.25) is 17.3 Å². The fourth-order valence-electron chi connectivity index (χ4n) is 5.50. The van der Waals surface area contributed by atoms with Crippen LogP contribution in [0.5, 0.6) is 0 Å². The van der Waals surface area contributed by atoms with Crippen LogP contribution in [0.15, 0.2) is 126 Å². The van der Waals surface area contributed by atoms with E-state index >= 15 is 0 Å². The van der Waals surface area contributed by atoms with Gasteiger partial charge in [-0.3, -0.25) is 0 Å². The van der Waals surface area contributed by atoms with Crippen LogP contribution >= 0.6 is 0 Å². The Labute approximate surface area is 285 Å². The normalized spacial score (nSPS) is 11.3. The molecule has 0 spiro atoms. The monoisotopic (exact) mass is 839 g/mol. The minimum absolute atomic E-state index is 0. The largest absolute Gasteiger partial charge is 0.305 e. The summed E-state index contributed by atoms with van der Waals surface area (Å²) in [5.41, 5.74) is 8.38. The first kappa shape index (κ1) is 31.6. The van der Waals surface area contributed by atoms with Gasteiger partial charge in [-0.05, 0) is 11.8 Å². The predicted molar refractivity (Wildman–Crippen MR) is 187 cm³/mol. The summed E-state index contributed by atoms with van der Waals surface area (Å²) >= 11 is -1.97. The molecular weight excluding hydrogens is 805 g/mol. The number of hydrogen-bond acceptors (Lipinski definition) is 4. The molecule has 0 atom stereocenters. The molecule has 0 N–H and O–H groups in total. The van der Waals surface area contributed by atoms with E-state index in [0.717, 1.165) is 67.0 Å². The Kier molecular flexibility index (Phi) is 9.05. The van der Waals surface area contributed by atoms with Crippen LogP contribution in [0, 0.1) is 19.1 Å². The number of para-hydroxylation sites is 1. The van der Waals surface area contributed by atoms with E-state index in [9.17, 15) is 0 Å². The van der Waals surface area contributed by atoms with Crippen molar-refractivity contribution in [3.63, 3.8) is 0 Å². The number of fused-ring (bicyclic) bond motifs is 4. The van der Waals surface area contributed by atoms with E-state index < -0.39 is 13.3 Å². The maximum Gasteiger partial charge on any atom is 0.0160 e. The molecule has 46 heavy (non-hydrogen) atoms. The van der Waals surface area contributed by atoms with Gasteiger partial charge < -0.3 is 4.98 Å².